The average molecular weight is 424 g/mol. The number of hydrogen-bond acceptors (Lipinski definition) is 5. The van der Waals surface area contributed by atoms with Gasteiger partial charge in [0.1, 0.15) is 17.8 Å². The molecule has 156 valence electrons. The van der Waals surface area contributed by atoms with Crippen molar-refractivity contribution in [3.8, 4) is 22.5 Å². The van der Waals surface area contributed by atoms with Gasteiger partial charge >= 0.3 is 0 Å². The van der Waals surface area contributed by atoms with Crippen LogP contribution in [0.2, 0.25) is 0 Å². The Balaban J connectivity index is 1.58. The second kappa shape index (κ2) is 8.39. The number of nitrogens with zero attached hydrogens (tertiary/aromatic N) is 3. The van der Waals surface area contributed by atoms with Crippen molar-refractivity contribution in [1.29, 1.82) is 0 Å². The zero-order valence-corrected chi connectivity index (χ0v) is 16.8. The van der Waals surface area contributed by atoms with E-state index in [1.807, 2.05) is 42.5 Å². The number of amides is 1. The third kappa shape index (κ3) is 3.72. The second-order valence-corrected chi connectivity index (χ2v) is 7.17. The molecular formula is C25H17FN4O2. The van der Waals surface area contributed by atoms with Crippen LogP contribution in [0.15, 0.2) is 89.8 Å². The molecule has 5 rings (SSSR count). The van der Waals surface area contributed by atoms with Crippen molar-refractivity contribution in [2.24, 2.45) is 0 Å². The summed E-state index contributed by atoms with van der Waals surface area (Å²) in [6, 6.07) is 21.7. The first-order chi connectivity index (χ1) is 15.7. The molecule has 1 amide bonds. The van der Waals surface area contributed by atoms with Crippen LogP contribution in [0.4, 0.5) is 10.3 Å². The first kappa shape index (κ1) is 19.6. The van der Waals surface area contributed by atoms with E-state index in [9.17, 15) is 9.18 Å². The molecular weight excluding hydrogens is 407 g/mol. The van der Waals surface area contributed by atoms with E-state index in [1.54, 1.807) is 30.5 Å². The lowest BCUT2D eigenvalue weighted by Crippen LogP contribution is -2.15. The molecule has 2 heterocycles. The van der Waals surface area contributed by atoms with Crippen LogP contribution in [0.5, 0.6) is 0 Å². The van der Waals surface area contributed by atoms with Crippen LogP contribution in [0.25, 0.3) is 33.3 Å². The Kier molecular flexibility index (Phi) is 5.13. The molecule has 0 bridgehead atoms. The Morgan fingerprint density at radius 2 is 1.78 bits per heavy atom. The topological polar surface area (TPSA) is 80.9 Å². The van der Waals surface area contributed by atoms with Crippen molar-refractivity contribution in [3.63, 3.8) is 0 Å². The van der Waals surface area contributed by atoms with E-state index in [1.165, 1.54) is 12.4 Å². The van der Waals surface area contributed by atoms with Crippen molar-refractivity contribution in [1.82, 2.24) is 15.1 Å². The molecule has 2 aromatic heterocycles. The number of nitrogens with one attached hydrogen (secondary N) is 1. The second-order valence-electron chi connectivity index (χ2n) is 7.17. The summed E-state index contributed by atoms with van der Waals surface area (Å²) in [7, 11) is 0. The summed E-state index contributed by atoms with van der Waals surface area (Å²) < 4.78 is 19.5. The first-order valence-corrected chi connectivity index (χ1v) is 9.98. The summed E-state index contributed by atoms with van der Waals surface area (Å²) in [4.78, 5) is 21.0. The summed E-state index contributed by atoms with van der Waals surface area (Å²) in [5.74, 6) is -0.716. The minimum atomic E-state index is -0.437. The molecule has 0 saturated carbocycles. The summed E-state index contributed by atoms with van der Waals surface area (Å²) in [5, 5.41) is 9.03. The van der Waals surface area contributed by atoms with Gasteiger partial charge in [0.25, 0.3) is 0 Å². The Morgan fingerprint density at radius 1 is 0.969 bits per heavy atom. The summed E-state index contributed by atoms with van der Waals surface area (Å²) >= 11 is 0. The van der Waals surface area contributed by atoms with Crippen LogP contribution in [-0.2, 0) is 11.2 Å². The number of rotatable bonds is 5. The number of anilines is 1. The zero-order chi connectivity index (χ0) is 21.9. The largest absolute Gasteiger partial charge is 0.337 e. The predicted molar refractivity (Wildman–Crippen MR) is 119 cm³/mol. The molecule has 3 aromatic carbocycles. The number of carbonyl (C=O) groups is 1. The molecule has 6 nitrogen and oxygen atoms in total. The smallest absolute Gasteiger partial charge is 0.241 e. The maximum absolute atomic E-state index is 14.0. The molecule has 7 heteroatoms. The fourth-order valence-electron chi connectivity index (χ4n) is 3.65. The summed E-state index contributed by atoms with van der Waals surface area (Å²) in [6.45, 7) is 0. The van der Waals surface area contributed by atoms with Gasteiger partial charge in [0, 0.05) is 11.8 Å². The molecule has 0 unspecified atom stereocenters. The number of halogens is 1. The minimum absolute atomic E-state index is 0.139. The summed E-state index contributed by atoms with van der Waals surface area (Å²) in [6.07, 6.45) is 2.88. The van der Waals surface area contributed by atoms with Gasteiger partial charge in [0.2, 0.25) is 11.8 Å². The van der Waals surface area contributed by atoms with Crippen molar-refractivity contribution >= 4 is 22.6 Å². The monoisotopic (exact) mass is 424 g/mol. The maximum atomic E-state index is 14.0. The van der Waals surface area contributed by atoms with E-state index in [2.05, 4.69) is 20.4 Å². The standard InChI is InChI=1S/C25H17FN4O2/c26-20-11-4-2-7-17(20)14-22(31)29-25-23(21-12-13-27-15-28-21)24(30-32-25)19-10-5-8-16-6-1-3-9-18(16)19/h1-13,15H,14H2,(H,29,31). The predicted octanol–water partition coefficient (Wildman–Crippen LogP) is 5.27. The van der Waals surface area contributed by atoms with Gasteiger partial charge in [-0.1, -0.05) is 65.8 Å². The lowest BCUT2D eigenvalue weighted by atomic mass is 9.98. The van der Waals surface area contributed by atoms with E-state index in [4.69, 9.17) is 4.52 Å². The SMILES string of the molecule is O=C(Cc1ccccc1F)Nc1onc(-c2cccc3ccccc23)c1-c1ccncn1. The zero-order valence-electron chi connectivity index (χ0n) is 16.8. The van der Waals surface area contributed by atoms with Gasteiger partial charge in [-0.2, -0.15) is 0 Å². The molecule has 0 radical (unpaired) electrons. The Morgan fingerprint density at radius 3 is 2.62 bits per heavy atom. The van der Waals surface area contributed by atoms with Crippen LogP contribution in [0.1, 0.15) is 5.56 Å². The van der Waals surface area contributed by atoms with Gasteiger partial charge in [-0.05, 0) is 28.5 Å². The first-order valence-electron chi connectivity index (χ1n) is 9.98. The minimum Gasteiger partial charge on any atom is -0.337 e. The number of hydrogen-bond donors (Lipinski definition) is 1. The highest BCUT2D eigenvalue weighted by Crippen LogP contribution is 2.39. The number of carbonyl (C=O) groups excluding carboxylic acids is 1. The highest BCUT2D eigenvalue weighted by molar-refractivity contribution is 6.02. The van der Waals surface area contributed by atoms with Crippen molar-refractivity contribution in [3.05, 3.63) is 96.7 Å². The normalized spacial score (nSPS) is 10.9. The van der Waals surface area contributed by atoms with Gasteiger partial charge in [-0.3, -0.25) is 10.1 Å². The Labute approximate surface area is 182 Å². The van der Waals surface area contributed by atoms with E-state index < -0.39 is 11.7 Å². The van der Waals surface area contributed by atoms with E-state index in [0.29, 0.717) is 22.5 Å². The lowest BCUT2D eigenvalue weighted by molar-refractivity contribution is -0.115. The summed E-state index contributed by atoms with van der Waals surface area (Å²) in [5.41, 5.74) is 2.76. The molecule has 0 fully saturated rings. The Hall–Kier alpha value is -4.39. The van der Waals surface area contributed by atoms with Gasteiger partial charge in [-0.15, -0.1) is 0 Å². The molecule has 1 N–H and O–H groups in total. The van der Waals surface area contributed by atoms with Crippen LogP contribution in [-0.4, -0.2) is 21.0 Å². The quantitative estimate of drug-likeness (QED) is 0.416. The molecule has 0 aliphatic rings. The lowest BCUT2D eigenvalue weighted by Gasteiger charge is -2.08. The molecule has 5 aromatic rings. The van der Waals surface area contributed by atoms with E-state index >= 15 is 0 Å². The molecule has 0 atom stereocenters. The van der Waals surface area contributed by atoms with Gasteiger partial charge < -0.3 is 4.52 Å². The average Bonchev–Trinajstić information content (AvgIpc) is 3.24. The third-order valence-corrected chi connectivity index (χ3v) is 5.14. The number of fused-ring (bicyclic) bond motifs is 1. The fourth-order valence-corrected chi connectivity index (χ4v) is 3.65. The maximum Gasteiger partial charge on any atom is 0.241 e. The van der Waals surface area contributed by atoms with Crippen LogP contribution in [0, 0.1) is 5.82 Å². The van der Waals surface area contributed by atoms with E-state index in [-0.39, 0.29) is 12.3 Å². The van der Waals surface area contributed by atoms with Gasteiger partial charge in [-0.25, -0.2) is 14.4 Å². The third-order valence-electron chi connectivity index (χ3n) is 5.14. The number of benzene rings is 3. The number of aromatic nitrogens is 3. The molecule has 0 aliphatic heterocycles. The highest BCUT2D eigenvalue weighted by Gasteiger charge is 2.23. The van der Waals surface area contributed by atoms with Crippen molar-refractivity contribution < 1.29 is 13.7 Å². The van der Waals surface area contributed by atoms with Crippen molar-refractivity contribution in [2.75, 3.05) is 5.32 Å². The fraction of sp³-hybridized carbons (Fsp3) is 0.0400. The van der Waals surface area contributed by atoms with Crippen LogP contribution in [0.3, 0.4) is 0 Å². The Bertz CT molecular complexity index is 1410. The molecule has 32 heavy (non-hydrogen) atoms. The van der Waals surface area contributed by atoms with Crippen LogP contribution >= 0.6 is 0 Å². The van der Waals surface area contributed by atoms with Gasteiger partial charge in [0.15, 0.2) is 0 Å². The highest BCUT2D eigenvalue weighted by atomic mass is 19.1. The van der Waals surface area contributed by atoms with Gasteiger partial charge in [0.05, 0.1) is 17.7 Å². The molecule has 0 saturated heterocycles. The molecule has 0 aliphatic carbocycles. The van der Waals surface area contributed by atoms with Crippen LogP contribution < -0.4 is 5.32 Å². The van der Waals surface area contributed by atoms with E-state index in [0.717, 1.165) is 16.3 Å². The molecule has 0 spiro atoms. The van der Waals surface area contributed by atoms with Crippen molar-refractivity contribution in [2.45, 2.75) is 6.42 Å².